The number of aromatic nitrogens is 2. The summed E-state index contributed by atoms with van der Waals surface area (Å²) in [7, 11) is 1.52. The third-order valence-corrected chi connectivity index (χ3v) is 4.52. The quantitative estimate of drug-likeness (QED) is 0.895. The Hall–Kier alpha value is -2.18. The lowest BCUT2D eigenvalue weighted by Crippen LogP contribution is -2.23. The molecule has 0 saturated carbocycles. The lowest BCUT2D eigenvalue weighted by Gasteiger charge is -2.16. The Balaban J connectivity index is 1.77. The molecule has 0 spiro atoms. The number of hydrogen-bond donors (Lipinski definition) is 1. The normalized spacial score (nSPS) is 20.9. The highest BCUT2D eigenvalue weighted by Crippen LogP contribution is 2.34. The number of methoxy groups -OCH3 is 1. The summed E-state index contributed by atoms with van der Waals surface area (Å²) in [5, 5.41) is 10.2. The van der Waals surface area contributed by atoms with E-state index in [1.54, 1.807) is 18.3 Å². The Bertz CT molecular complexity index is 723. The number of aliphatic carboxylic acids is 1. The van der Waals surface area contributed by atoms with Crippen LogP contribution in [0.25, 0.3) is 0 Å². The smallest absolute Gasteiger partial charge is 0.316 e. The van der Waals surface area contributed by atoms with Crippen LogP contribution in [-0.2, 0) is 11.3 Å². The summed E-state index contributed by atoms with van der Waals surface area (Å²) in [6.07, 6.45) is 1.64. The van der Waals surface area contributed by atoms with Gasteiger partial charge in [0.1, 0.15) is 0 Å². The molecule has 6 nitrogen and oxygen atoms in total. The van der Waals surface area contributed by atoms with Crippen LogP contribution in [0.2, 0.25) is 5.02 Å². The molecule has 0 bridgehead atoms. The van der Waals surface area contributed by atoms with Crippen LogP contribution in [0.15, 0.2) is 36.5 Å². The van der Waals surface area contributed by atoms with Gasteiger partial charge in [-0.15, -0.1) is 0 Å². The number of nitrogens with zero attached hydrogens (tertiary/aromatic N) is 3. The molecule has 0 radical (unpaired) electrons. The number of carboxylic acid groups (broad SMARTS) is 1. The average Bonchev–Trinajstić information content (AvgIpc) is 3.00. The number of halogens is 1. The molecule has 2 aromatic rings. The largest absolute Gasteiger partial charge is 0.481 e. The molecule has 1 fully saturated rings. The van der Waals surface area contributed by atoms with Gasteiger partial charge in [-0.05, 0) is 23.8 Å². The van der Waals surface area contributed by atoms with Gasteiger partial charge in [-0.25, -0.2) is 4.98 Å². The highest BCUT2D eigenvalue weighted by atomic mass is 35.5. The third-order valence-electron chi connectivity index (χ3n) is 4.27. The van der Waals surface area contributed by atoms with Gasteiger partial charge in [-0.3, -0.25) is 9.69 Å². The number of rotatable bonds is 5. The molecule has 0 amide bonds. The summed E-state index contributed by atoms with van der Waals surface area (Å²) < 4.78 is 5.03. The van der Waals surface area contributed by atoms with Gasteiger partial charge >= 0.3 is 12.0 Å². The van der Waals surface area contributed by atoms with Gasteiger partial charge < -0.3 is 9.84 Å². The summed E-state index contributed by atoms with van der Waals surface area (Å²) >= 11 is 5.93. The lowest BCUT2D eigenvalue weighted by molar-refractivity contribution is -0.141. The molecule has 2 heterocycles. The lowest BCUT2D eigenvalue weighted by atomic mass is 9.89. The van der Waals surface area contributed by atoms with Crippen molar-refractivity contribution in [3.05, 3.63) is 52.8 Å². The predicted octanol–water partition coefficient (Wildman–Crippen LogP) is 2.44. The fourth-order valence-electron chi connectivity index (χ4n) is 3.10. The first-order chi connectivity index (χ1) is 11.6. The Morgan fingerprint density at radius 1 is 1.33 bits per heavy atom. The van der Waals surface area contributed by atoms with Crippen molar-refractivity contribution in [2.75, 3.05) is 20.2 Å². The zero-order valence-electron chi connectivity index (χ0n) is 13.2. The van der Waals surface area contributed by atoms with Gasteiger partial charge in [-0.1, -0.05) is 23.7 Å². The van der Waals surface area contributed by atoms with E-state index in [9.17, 15) is 9.90 Å². The van der Waals surface area contributed by atoms with E-state index >= 15 is 0 Å². The summed E-state index contributed by atoms with van der Waals surface area (Å²) in [5.41, 5.74) is 1.80. The topological polar surface area (TPSA) is 75.5 Å². The van der Waals surface area contributed by atoms with E-state index in [1.165, 1.54) is 7.11 Å². The first kappa shape index (κ1) is 16.7. The van der Waals surface area contributed by atoms with Gasteiger partial charge in [0.15, 0.2) is 0 Å². The molecule has 2 atom stereocenters. The van der Waals surface area contributed by atoms with Crippen LogP contribution in [0.4, 0.5) is 0 Å². The minimum atomic E-state index is -0.780. The fourth-order valence-corrected chi connectivity index (χ4v) is 3.23. The van der Waals surface area contributed by atoms with Crippen molar-refractivity contribution in [2.45, 2.75) is 12.5 Å². The molecule has 3 rings (SSSR count). The summed E-state index contributed by atoms with van der Waals surface area (Å²) in [5.74, 6) is -1.30. The first-order valence-electron chi connectivity index (χ1n) is 7.63. The highest BCUT2D eigenvalue weighted by Gasteiger charge is 2.38. The summed E-state index contributed by atoms with van der Waals surface area (Å²) in [4.78, 5) is 22.0. The second-order valence-corrected chi connectivity index (χ2v) is 6.27. The van der Waals surface area contributed by atoms with Gasteiger partial charge in [-0.2, -0.15) is 4.98 Å². The number of ether oxygens (including phenoxy) is 1. The van der Waals surface area contributed by atoms with Crippen LogP contribution >= 0.6 is 11.6 Å². The molecule has 1 aliphatic heterocycles. The van der Waals surface area contributed by atoms with Crippen LogP contribution in [0.3, 0.4) is 0 Å². The van der Waals surface area contributed by atoms with E-state index in [0.29, 0.717) is 30.7 Å². The molecule has 7 heteroatoms. The molecule has 126 valence electrons. The zero-order valence-corrected chi connectivity index (χ0v) is 14.0. The van der Waals surface area contributed by atoms with E-state index < -0.39 is 11.9 Å². The molecule has 1 aromatic carbocycles. The second-order valence-electron chi connectivity index (χ2n) is 5.83. The summed E-state index contributed by atoms with van der Waals surface area (Å²) in [6, 6.07) is 9.53. The van der Waals surface area contributed by atoms with E-state index in [2.05, 4.69) is 14.9 Å². The molecular formula is C17H18ClN3O3. The van der Waals surface area contributed by atoms with Crippen LogP contribution in [0, 0.1) is 5.92 Å². The average molecular weight is 348 g/mol. The fraction of sp³-hybridized carbons (Fsp3) is 0.353. The van der Waals surface area contributed by atoms with Gasteiger partial charge in [0.25, 0.3) is 0 Å². The Morgan fingerprint density at radius 2 is 2.08 bits per heavy atom. The predicted molar refractivity (Wildman–Crippen MR) is 89.2 cm³/mol. The maximum absolute atomic E-state index is 11.7. The highest BCUT2D eigenvalue weighted by molar-refractivity contribution is 6.30. The minimum absolute atomic E-state index is 0.0662. The standard InChI is InChI=1S/C17H18ClN3O3/c1-24-17-19-7-6-13(20-17)8-21-9-14(15(10-21)16(22)23)11-2-4-12(18)5-3-11/h2-7,14-15H,8-10H2,1H3,(H,22,23)/t14-,15+/m1/s1. The second kappa shape index (κ2) is 7.15. The molecule has 1 aromatic heterocycles. The van der Waals surface area contributed by atoms with Gasteiger partial charge in [0.2, 0.25) is 0 Å². The van der Waals surface area contributed by atoms with E-state index in [0.717, 1.165) is 11.3 Å². The SMILES string of the molecule is COc1nccc(CN2C[C@H](C(=O)O)[C@@H](c3ccc(Cl)cc3)C2)n1. The Kier molecular flexibility index (Phi) is 4.97. The number of likely N-dealkylation sites (tertiary alicyclic amines) is 1. The van der Waals surface area contributed by atoms with Crippen molar-refractivity contribution in [3.8, 4) is 6.01 Å². The number of hydrogen-bond acceptors (Lipinski definition) is 5. The van der Waals surface area contributed by atoms with E-state index in [4.69, 9.17) is 16.3 Å². The summed E-state index contributed by atoms with van der Waals surface area (Å²) in [6.45, 7) is 1.70. The van der Waals surface area contributed by atoms with Crippen LogP contribution < -0.4 is 4.74 Å². The van der Waals surface area contributed by atoms with E-state index in [-0.39, 0.29) is 5.92 Å². The van der Waals surface area contributed by atoms with Crippen molar-refractivity contribution in [1.82, 2.24) is 14.9 Å². The van der Waals surface area contributed by atoms with Crippen LogP contribution in [-0.4, -0.2) is 46.1 Å². The molecule has 1 aliphatic rings. The van der Waals surface area contributed by atoms with Crippen molar-refractivity contribution in [1.29, 1.82) is 0 Å². The third kappa shape index (κ3) is 3.66. The number of benzene rings is 1. The molecule has 0 unspecified atom stereocenters. The molecule has 1 saturated heterocycles. The maximum Gasteiger partial charge on any atom is 0.316 e. The minimum Gasteiger partial charge on any atom is -0.481 e. The van der Waals surface area contributed by atoms with Gasteiger partial charge in [0, 0.05) is 36.8 Å². The van der Waals surface area contributed by atoms with Crippen molar-refractivity contribution >= 4 is 17.6 Å². The van der Waals surface area contributed by atoms with Gasteiger partial charge in [0.05, 0.1) is 18.7 Å². The Morgan fingerprint density at radius 3 is 2.75 bits per heavy atom. The molecule has 24 heavy (non-hydrogen) atoms. The molecule has 0 aliphatic carbocycles. The van der Waals surface area contributed by atoms with Crippen molar-refractivity contribution in [2.24, 2.45) is 5.92 Å². The van der Waals surface area contributed by atoms with E-state index in [1.807, 2.05) is 18.2 Å². The Labute approximate surface area is 145 Å². The van der Waals surface area contributed by atoms with Crippen molar-refractivity contribution < 1.29 is 14.6 Å². The monoisotopic (exact) mass is 347 g/mol. The van der Waals surface area contributed by atoms with Crippen molar-refractivity contribution in [3.63, 3.8) is 0 Å². The number of carbonyl (C=O) groups is 1. The first-order valence-corrected chi connectivity index (χ1v) is 8.01. The molecular weight excluding hydrogens is 330 g/mol. The van der Waals surface area contributed by atoms with Crippen LogP contribution in [0.5, 0.6) is 6.01 Å². The maximum atomic E-state index is 11.7. The van der Waals surface area contributed by atoms with Crippen LogP contribution in [0.1, 0.15) is 17.2 Å². The number of carboxylic acids is 1. The zero-order chi connectivity index (χ0) is 17.1. The molecule has 1 N–H and O–H groups in total.